The van der Waals surface area contributed by atoms with Gasteiger partial charge in [-0.15, -0.1) is 0 Å². The molecule has 1 aliphatic carbocycles. The number of aromatic nitrogens is 1. The Hall–Kier alpha value is -2.01. The van der Waals surface area contributed by atoms with E-state index in [4.69, 9.17) is 4.42 Å². The van der Waals surface area contributed by atoms with E-state index in [0.717, 1.165) is 44.5 Å². The number of aryl methyl sites for hydroxylation is 1. The van der Waals surface area contributed by atoms with E-state index in [2.05, 4.69) is 23.7 Å². The zero-order valence-corrected chi connectivity index (χ0v) is 15.7. The minimum Gasteiger partial charge on any atom is -0.439 e. The molecule has 5 heteroatoms. The van der Waals surface area contributed by atoms with Crippen LogP contribution in [-0.2, 0) is 16.1 Å². The predicted octanol–water partition coefficient (Wildman–Crippen LogP) is 3.87. The third kappa shape index (κ3) is 4.75. The Balaban J connectivity index is 2.23. The van der Waals surface area contributed by atoms with Crippen molar-refractivity contribution >= 4 is 17.1 Å². The summed E-state index contributed by atoms with van der Waals surface area (Å²) in [6.07, 6.45) is 7.70. The van der Waals surface area contributed by atoms with Gasteiger partial charge in [0.2, 0.25) is 11.7 Å². The molecule has 1 aliphatic rings. The fourth-order valence-electron chi connectivity index (χ4n) is 2.99. The van der Waals surface area contributed by atoms with Crippen molar-refractivity contribution in [3.63, 3.8) is 0 Å². The first kappa shape index (κ1) is 19.3. The summed E-state index contributed by atoms with van der Waals surface area (Å²) in [6.45, 7) is 10.1. The number of Topliss-reactive ketones (excluding diaryl/α,β-unsaturated/α-hetero) is 2. The van der Waals surface area contributed by atoms with Crippen LogP contribution in [0.4, 0.5) is 0 Å². The summed E-state index contributed by atoms with van der Waals surface area (Å²) in [5.74, 6) is 0.364. The quantitative estimate of drug-likeness (QED) is 0.636. The van der Waals surface area contributed by atoms with E-state index < -0.39 is 11.6 Å². The second kappa shape index (κ2) is 8.90. The molecule has 5 nitrogen and oxygen atoms in total. The average Bonchev–Trinajstić information content (AvgIpc) is 2.97. The highest BCUT2D eigenvalue weighted by Gasteiger charge is 2.25. The monoisotopic (exact) mass is 344 g/mol. The highest BCUT2D eigenvalue weighted by molar-refractivity contribution is 6.46. The van der Waals surface area contributed by atoms with Crippen LogP contribution in [-0.4, -0.2) is 34.5 Å². The predicted molar refractivity (Wildman–Crippen MR) is 98.1 cm³/mol. The molecule has 25 heavy (non-hydrogen) atoms. The van der Waals surface area contributed by atoms with Gasteiger partial charge in [0, 0.05) is 18.1 Å². The first-order chi connectivity index (χ1) is 12.0. The van der Waals surface area contributed by atoms with Gasteiger partial charge < -0.3 is 4.42 Å². The molecule has 1 aromatic heterocycles. The van der Waals surface area contributed by atoms with E-state index in [1.807, 2.05) is 19.1 Å². The molecule has 1 heterocycles. The summed E-state index contributed by atoms with van der Waals surface area (Å²) in [5, 5.41) is 0. The van der Waals surface area contributed by atoms with E-state index in [1.165, 1.54) is 6.92 Å². The molecule has 0 bridgehead atoms. The van der Waals surface area contributed by atoms with Crippen molar-refractivity contribution < 1.29 is 14.0 Å². The van der Waals surface area contributed by atoms with Crippen molar-refractivity contribution in [3.05, 3.63) is 35.1 Å². The molecular formula is C20H28N2O3. The van der Waals surface area contributed by atoms with Crippen molar-refractivity contribution in [3.8, 4) is 0 Å². The van der Waals surface area contributed by atoms with Crippen LogP contribution >= 0.6 is 0 Å². The Morgan fingerprint density at radius 2 is 1.96 bits per heavy atom. The van der Waals surface area contributed by atoms with Crippen LogP contribution < -0.4 is 0 Å². The number of carbonyl (C=O) groups excluding carboxylic acids is 2. The lowest BCUT2D eigenvalue weighted by atomic mass is 9.91. The van der Waals surface area contributed by atoms with Crippen LogP contribution in [0.15, 0.2) is 22.1 Å². The lowest BCUT2D eigenvalue weighted by Crippen LogP contribution is -2.24. The van der Waals surface area contributed by atoms with Gasteiger partial charge in [-0.25, -0.2) is 4.98 Å². The smallest absolute Gasteiger partial charge is 0.228 e. The third-order valence-electron chi connectivity index (χ3n) is 4.44. The van der Waals surface area contributed by atoms with Crippen LogP contribution in [0.5, 0.6) is 0 Å². The van der Waals surface area contributed by atoms with E-state index >= 15 is 0 Å². The largest absolute Gasteiger partial charge is 0.439 e. The normalized spacial score (nSPS) is 14.4. The molecule has 0 aliphatic heterocycles. The second-order valence-electron chi connectivity index (χ2n) is 6.44. The van der Waals surface area contributed by atoms with Crippen LogP contribution in [0, 0.1) is 6.92 Å². The van der Waals surface area contributed by atoms with Gasteiger partial charge in [0.15, 0.2) is 11.5 Å². The van der Waals surface area contributed by atoms with Gasteiger partial charge in [0.05, 0.1) is 12.2 Å². The molecule has 0 spiro atoms. The molecule has 0 N–H and O–H groups in total. The molecule has 0 radical (unpaired) electrons. The third-order valence-corrected chi connectivity index (χ3v) is 4.44. The summed E-state index contributed by atoms with van der Waals surface area (Å²) in [4.78, 5) is 30.6. The van der Waals surface area contributed by atoms with E-state index in [1.54, 1.807) is 0 Å². The van der Waals surface area contributed by atoms with Gasteiger partial charge in [0.25, 0.3) is 0 Å². The Labute approximate surface area is 149 Å². The molecular weight excluding hydrogens is 316 g/mol. The van der Waals surface area contributed by atoms with Gasteiger partial charge in [-0.1, -0.05) is 32.4 Å². The fourth-order valence-corrected chi connectivity index (χ4v) is 2.99. The summed E-state index contributed by atoms with van der Waals surface area (Å²) in [5.41, 5.74) is 1.92. The standard InChI is InChI=1S/C20H28N2O3/c1-5-7-12-22(6-2)13-18-21-14(3)20(25-18)17-11-9-8-10-16(17)19(24)15(4)23/h10-11H,5-9,12-13H2,1-4H3. The zero-order chi connectivity index (χ0) is 18.4. The maximum Gasteiger partial charge on any atom is 0.228 e. The van der Waals surface area contributed by atoms with Crippen LogP contribution in [0.3, 0.4) is 0 Å². The number of hydrogen-bond acceptors (Lipinski definition) is 5. The van der Waals surface area contributed by atoms with E-state index in [-0.39, 0.29) is 0 Å². The number of oxazole rings is 1. The van der Waals surface area contributed by atoms with Crippen molar-refractivity contribution in [1.29, 1.82) is 0 Å². The number of allylic oxidation sites excluding steroid dienone is 4. The molecule has 0 amide bonds. The van der Waals surface area contributed by atoms with Gasteiger partial charge in [-0.2, -0.15) is 0 Å². The van der Waals surface area contributed by atoms with Crippen LogP contribution in [0.1, 0.15) is 63.8 Å². The van der Waals surface area contributed by atoms with Crippen molar-refractivity contribution in [2.75, 3.05) is 13.1 Å². The summed E-state index contributed by atoms with van der Waals surface area (Å²) in [6, 6.07) is 0. The first-order valence-corrected chi connectivity index (χ1v) is 9.12. The van der Waals surface area contributed by atoms with Gasteiger partial charge in [-0.3, -0.25) is 14.5 Å². The van der Waals surface area contributed by atoms with Gasteiger partial charge in [0.1, 0.15) is 0 Å². The molecule has 0 fully saturated rings. The Morgan fingerprint density at radius 1 is 1.24 bits per heavy atom. The maximum atomic E-state index is 12.2. The highest BCUT2D eigenvalue weighted by atomic mass is 16.4. The minimum atomic E-state index is -0.457. The summed E-state index contributed by atoms with van der Waals surface area (Å²) in [7, 11) is 0. The summed E-state index contributed by atoms with van der Waals surface area (Å²) >= 11 is 0. The maximum absolute atomic E-state index is 12.2. The topological polar surface area (TPSA) is 63.4 Å². The highest BCUT2D eigenvalue weighted by Crippen LogP contribution is 2.32. The Kier molecular flexibility index (Phi) is 6.88. The number of carbonyl (C=O) groups is 2. The molecule has 2 rings (SSSR count). The average molecular weight is 344 g/mol. The number of hydrogen-bond donors (Lipinski definition) is 0. The Bertz CT molecular complexity index is 698. The minimum absolute atomic E-state index is 0.447. The molecule has 0 unspecified atom stereocenters. The molecule has 136 valence electrons. The van der Waals surface area contributed by atoms with E-state index in [0.29, 0.717) is 29.3 Å². The van der Waals surface area contributed by atoms with Crippen molar-refractivity contribution in [1.82, 2.24) is 9.88 Å². The van der Waals surface area contributed by atoms with Gasteiger partial charge in [-0.05, 0) is 39.3 Å². The fraction of sp³-hybridized carbons (Fsp3) is 0.550. The zero-order valence-electron chi connectivity index (χ0n) is 15.7. The summed E-state index contributed by atoms with van der Waals surface area (Å²) < 4.78 is 6.00. The van der Waals surface area contributed by atoms with Crippen molar-refractivity contribution in [2.24, 2.45) is 0 Å². The first-order valence-electron chi connectivity index (χ1n) is 9.12. The molecule has 0 aromatic carbocycles. The number of unbranched alkanes of at least 4 members (excludes halogenated alkanes) is 1. The SMILES string of the molecule is CCCCN(CC)Cc1nc(C)c(C2=CCCC=C2C(=O)C(C)=O)o1. The second-order valence-corrected chi connectivity index (χ2v) is 6.44. The number of ketones is 2. The van der Waals surface area contributed by atoms with E-state index in [9.17, 15) is 9.59 Å². The van der Waals surface area contributed by atoms with Gasteiger partial charge >= 0.3 is 0 Å². The molecule has 0 saturated heterocycles. The molecule has 0 saturated carbocycles. The molecule has 0 atom stereocenters. The van der Waals surface area contributed by atoms with Crippen LogP contribution in [0.25, 0.3) is 5.57 Å². The van der Waals surface area contributed by atoms with Crippen molar-refractivity contribution in [2.45, 2.75) is 59.9 Å². The lowest BCUT2D eigenvalue weighted by molar-refractivity contribution is -0.132. The number of nitrogens with zero attached hydrogens (tertiary/aromatic N) is 2. The Morgan fingerprint density at radius 3 is 2.60 bits per heavy atom. The molecule has 1 aromatic rings. The number of rotatable bonds is 9. The lowest BCUT2D eigenvalue weighted by Gasteiger charge is -2.17. The van der Waals surface area contributed by atoms with Crippen LogP contribution in [0.2, 0.25) is 0 Å².